The van der Waals surface area contributed by atoms with Crippen molar-refractivity contribution in [3.05, 3.63) is 76.9 Å². The Balaban J connectivity index is 1.90. The first kappa shape index (κ1) is 20.9. The summed E-state index contributed by atoms with van der Waals surface area (Å²) < 4.78 is 0. The number of nitrogens with two attached hydrogens (primary N) is 1. The molecule has 0 radical (unpaired) electrons. The van der Waals surface area contributed by atoms with E-state index in [0.717, 1.165) is 5.56 Å². The molecule has 0 amide bonds. The number of carbonyl (C=O) groups is 2. The number of aryl methyl sites for hydroxylation is 1. The van der Waals surface area contributed by atoms with Crippen LogP contribution < -0.4 is 11.1 Å². The van der Waals surface area contributed by atoms with E-state index in [4.69, 9.17) is 10.8 Å². The molecule has 0 bridgehead atoms. The molecule has 5 N–H and O–H groups in total. The molecule has 0 aliphatic heterocycles. The van der Waals surface area contributed by atoms with Crippen molar-refractivity contribution >= 4 is 23.6 Å². The molecule has 0 saturated heterocycles. The van der Waals surface area contributed by atoms with Gasteiger partial charge in [0.05, 0.1) is 11.1 Å². The van der Waals surface area contributed by atoms with Crippen LogP contribution in [0.15, 0.2) is 48.5 Å². The van der Waals surface area contributed by atoms with Crippen LogP contribution in [0.3, 0.4) is 0 Å². The first-order valence-electron chi connectivity index (χ1n) is 9.31. The fourth-order valence-electron chi connectivity index (χ4n) is 2.83. The highest BCUT2D eigenvalue weighted by atomic mass is 16.4. The second-order valence-electron chi connectivity index (χ2n) is 6.58. The Bertz CT molecular complexity index is 993. The fraction of sp³-hybridized carbons (Fsp3) is 0.190. The van der Waals surface area contributed by atoms with E-state index in [0.29, 0.717) is 43.1 Å². The monoisotopic (exact) mass is 407 g/mol. The zero-order valence-corrected chi connectivity index (χ0v) is 16.1. The van der Waals surface area contributed by atoms with Crippen LogP contribution >= 0.6 is 0 Å². The van der Waals surface area contributed by atoms with Gasteiger partial charge in [-0.15, -0.1) is 0 Å². The first-order chi connectivity index (χ1) is 14.4. The largest absolute Gasteiger partial charge is 0.478 e. The molecule has 0 fully saturated rings. The molecule has 0 unspecified atom stereocenters. The minimum absolute atomic E-state index is 0.142. The van der Waals surface area contributed by atoms with Crippen LogP contribution in [0.5, 0.6) is 0 Å². The van der Waals surface area contributed by atoms with Gasteiger partial charge < -0.3 is 21.3 Å². The number of hydrogen-bond acceptors (Lipinski definition) is 7. The summed E-state index contributed by atoms with van der Waals surface area (Å²) in [6.07, 6.45) is 1.58. The minimum atomic E-state index is -1.03. The standard InChI is InChI=1S/C21H21N5O4/c22-9-3-8-17-24-18(11-13-4-1-5-14(10-13)19(27)28)26-21(25-17)23-16-7-2-6-15(12-16)20(29)30/h1-2,4-7,10,12H,3,8-9,11,22H2,(H,27,28)(H,29,30)(H,23,24,25,26). The molecule has 154 valence electrons. The number of benzene rings is 2. The normalized spacial score (nSPS) is 10.6. The van der Waals surface area contributed by atoms with Gasteiger partial charge in [0.2, 0.25) is 5.95 Å². The number of carboxylic acids is 2. The van der Waals surface area contributed by atoms with E-state index in [1.165, 1.54) is 18.2 Å². The van der Waals surface area contributed by atoms with Crippen molar-refractivity contribution < 1.29 is 19.8 Å². The quantitative estimate of drug-likeness (QED) is 0.419. The molecule has 1 aromatic heterocycles. The van der Waals surface area contributed by atoms with Gasteiger partial charge in [-0.3, -0.25) is 0 Å². The molecule has 3 rings (SSSR count). The molecule has 1 heterocycles. The van der Waals surface area contributed by atoms with Gasteiger partial charge in [-0.05, 0) is 48.9 Å². The van der Waals surface area contributed by atoms with Gasteiger partial charge >= 0.3 is 11.9 Å². The molecule has 0 aliphatic rings. The van der Waals surface area contributed by atoms with Crippen LogP contribution in [0.2, 0.25) is 0 Å². The number of hydrogen-bond donors (Lipinski definition) is 4. The predicted octanol–water partition coefficient (Wildman–Crippen LogP) is 2.49. The predicted molar refractivity (Wildman–Crippen MR) is 110 cm³/mol. The molecule has 0 saturated carbocycles. The third-order valence-corrected chi connectivity index (χ3v) is 4.23. The van der Waals surface area contributed by atoms with E-state index in [9.17, 15) is 14.7 Å². The number of nitrogens with one attached hydrogen (secondary N) is 1. The summed E-state index contributed by atoms with van der Waals surface area (Å²) in [6, 6.07) is 12.9. The Labute approximate surface area is 172 Å². The lowest BCUT2D eigenvalue weighted by atomic mass is 10.1. The number of aromatic carboxylic acids is 2. The van der Waals surface area contributed by atoms with Crippen LogP contribution in [-0.2, 0) is 12.8 Å². The van der Waals surface area contributed by atoms with Crippen molar-refractivity contribution in [3.63, 3.8) is 0 Å². The second-order valence-corrected chi connectivity index (χ2v) is 6.58. The zero-order valence-electron chi connectivity index (χ0n) is 16.1. The van der Waals surface area contributed by atoms with Gasteiger partial charge in [0, 0.05) is 18.5 Å². The number of rotatable bonds is 9. The van der Waals surface area contributed by atoms with Gasteiger partial charge in [-0.25, -0.2) is 14.6 Å². The van der Waals surface area contributed by atoms with Crippen LogP contribution in [0.1, 0.15) is 44.3 Å². The van der Waals surface area contributed by atoms with E-state index in [1.807, 2.05) is 0 Å². The summed E-state index contributed by atoms with van der Waals surface area (Å²) in [5.41, 5.74) is 7.21. The maximum atomic E-state index is 11.2. The van der Waals surface area contributed by atoms with E-state index < -0.39 is 11.9 Å². The molecule has 2 aromatic carbocycles. The highest BCUT2D eigenvalue weighted by Gasteiger charge is 2.11. The van der Waals surface area contributed by atoms with E-state index >= 15 is 0 Å². The molecule has 9 nitrogen and oxygen atoms in total. The van der Waals surface area contributed by atoms with Crippen molar-refractivity contribution in [2.45, 2.75) is 19.3 Å². The zero-order chi connectivity index (χ0) is 21.5. The van der Waals surface area contributed by atoms with Crippen LogP contribution in [0.4, 0.5) is 11.6 Å². The fourth-order valence-corrected chi connectivity index (χ4v) is 2.83. The molecule has 30 heavy (non-hydrogen) atoms. The number of anilines is 2. The third-order valence-electron chi connectivity index (χ3n) is 4.23. The molecule has 9 heteroatoms. The van der Waals surface area contributed by atoms with Gasteiger partial charge in [-0.2, -0.15) is 9.97 Å². The van der Waals surface area contributed by atoms with Crippen molar-refractivity contribution in [1.82, 2.24) is 15.0 Å². The summed E-state index contributed by atoms with van der Waals surface area (Å²) in [4.78, 5) is 35.7. The van der Waals surface area contributed by atoms with E-state index in [1.54, 1.807) is 30.3 Å². The molecule has 0 spiro atoms. The average Bonchev–Trinajstić information content (AvgIpc) is 2.72. The van der Waals surface area contributed by atoms with Crippen LogP contribution in [0, 0.1) is 0 Å². The van der Waals surface area contributed by atoms with Gasteiger partial charge in [0.1, 0.15) is 11.6 Å². The maximum absolute atomic E-state index is 11.2. The number of nitrogens with zero attached hydrogens (tertiary/aromatic N) is 3. The molecule has 0 aliphatic carbocycles. The number of aromatic nitrogens is 3. The third kappa shape index (κ3) is 5.58. The topological polar surface area (TPSA) is 151 Å². The Morgan fingerprint density at radius 2 is 1.57 bits per heavy atom. The van der Waals surface area contributed by atoms with E-state index in [2.05, 4.69) is 20.3 Å². The molecule has 0 atom stereocenters. The molecular weight excluding hydrogens is 386 g/mol. The Morgan fingerprint density at radius 3 is 2.27 bits per heavy atom. The summed E-state index contributed by atoms with van der Waals surface area (Å²) >= 11 is 0. The molecular formula is C21H21N5O4. The van der Waals surface area contributed by atoms with Gasteiger partial charge in [-0.1, -0.05) is 18.2 Å². The first-order valence-corrected chi connectivity index (χ1v) is 9.31. The van der Waals surface area contributed by atoms with Crippen molar-refractivity contribution in [1.29, 1.82) is 0 Å². The second kappa shape index (κ2) is 9.57. The lowest BCUT2D eigenvalue weighted by molar-refractivity contribution is 0.0686. The summed E-state index contributed by atoms with van der Waals surface area (Å²) in [7, 11) is 0. The van der Waals surface area contributed by atoms with Crippen LogP contribution in [0.25, 0.3) is 0 Å². The Hall–Kier alpha value is -3.85. The SMILES string of the molecule is NCCCc1nc(Cc2cccc(C(=O)O)c2)nc(Nc2cccc(C(=O)O)c2)n1. The summed E-state index contributed by atoms with van der Waals surface area (Å²) in [5.74, 6) is -0.731. The Kier molecular flexibility index (Phi) is 6.66. The lowest BCUT2D eigenvalue weighted by Crippen LogP contribution is -2.10. The van der Waals surface area contributed by atoms with Crippen molar-refractivity contribution in [3.8, 4) is 0 Å². The molecule has 3 aromatic rings. The highest BCUT2D eigenvalue weighted by Crippen LogP contribution is 2.17. The maximum Gasteiger partial charge on any atom is 0.335 e. The van der Waals surface area contributed by atoms with Crippen LogP contribution in [-0.4, -0.2) is 43.6 Å². The van der Waals surface area contributed by atoms with Crippen molar-refractivity contribution in [2.75, 3.05) is 11.9 Å². The summed E-state index contributed by atoms with van der Waals surface area (Å²) in [5, 5.41) is 21.4. The summed E-state index contributed by atoms with van der Waals surface area (Å²) in [6.45, 7) is 0.491. The van der Waals surface area contributed by atoms with Crippen molar-refractivity contribution in [2.24, 2.45) is 5.73 Å². The van der Waals surface area contributed by atoms with Gasteiger partial charge in [0.15, 0.2) is 0 Å². The van der Waals surface area contributed by atoms with E-state index in [-0.39, 0.29) is 17.1 Å². The number of carboxylic acid groups (broad SMARTS) is 2. The Morgan fingerprint density at radius 1 is 0.900 bits per heavy atom. The lowest BCUT2D eigenvalue weighted by Gasteiger charge is -2.10. The smallest absolute Gasteiger partial charge is 0.335 e. The van der Waals surface area contributed by atoms with Gasteiger partial charge in [0.25, 0.3) is 0 Å². The minimum Gasteiger partial charge on any atom is -0.478 e. The average molecular weight is 407 g/mol. The highest BCUT2D eigenvalue weighted by molar-refractivity contribution is 5.89.